The molecule has 21 heavy (non-hydrogen) atoms. The van der Waals surface area contributed by atoms with Crippen LogP contribution in [0, 0.1) is 5.82 Å². The normalized spacial score (nSPS) is 12.5. The molecule has 106 valence electrons. The minimum Gasteiger partial charge on any atom is -0.394 e. The van der Waals surface area contributed by atoms with Crippen molar-refractivity contribution in [3.05, 3.63) is 70.8 Å². The molecule has 0 bridgehead atoms. The van der Waals surface area contributed by atoms with Gasteiger partial charge in [0.15, 0.2) is 0 Å². The fourth-order valence-corrected chi connectivity index (χ4v) is 2.24. The highest BCUT2D eigenvalue weighted by molar-refractivity contribution is 5.75. The van der Waals surface area contributed by atoms with Crippen LogP contribution in [0.3, 0.4) is 0 Å². The molecule has 3 rings (SSSR count). The maximum Gasteiger partial charge on any atom is 0.263 e. The fraction of sp³-hybridized carbons (Fsp3) is 0.133. The summed E-state index contributed by atoms with van der Waals surface area (Å²) in [6, 6.07) is 6.69. The molecule has 1 atom stereocenters. The van der Waals surface area contributed by atoms with Crippen molar-refractivity contribution in [3.8, 4) is 0 Å². The zero-order valence-electron chi connectivity index (χ0n) is 11.0. The van der Waals surface area contributed by atoms with Gasteiger partial charge in [-0.25, -0.2) is 9.37 Å². The van der Waals surface area contributed by atoms with E-state index in [9.17, 15) is 14.3 Å². The van der Waals surface area contributed by atoms with Gasteiger partial charge in [0.05, 0.1) is 29.9 Å². The van der Waals surface area contributed by atoms with Crippen molar-refractivity contribution in [2.24, 2.45) is 0 Å². The monoisotopic (exact) mass is 285 g/mol. The van der Waals surface area contributed by atoms with Crippen LogP contribution in [0.25, 0.3) is 10.9 Å². The number of hydrogen-bond acceptors (Lipinski definition) is 4. The number of aliphatic hydroxyl groups excluding tert-OH is 1. The van der Waals surface area contributed by atoms with Crippen molar-refractivity contribution in [2.45, 2.75) is 6.04 Å². The zero-order valence-corrected chi connectivity index (χ0v) is 11.0. The first-order valence-electron chi connectivity index (χ1n) is 6.38. The maximum atomic E-state index is 13.0. The molecule has 0 fully saturated rings. The van der Waals surface area contributed by atoms with Crippen LogP contribution in [0.4, 0.5) is 4.39 Å². The molecule has 1 aromatic carbocycles. The SMILES string of the molecule is O=c1c2cnccc2ncn1[C@H](CO)c1ccc(F)cc1. The van der Waals surface area contributed by atoms with Crippen LogP contribution in [0.5, 0.6) is 0 Å². The molecule has 0 saturated heterocycles. The average molecular weight is 285 g/mol. The summed E-state index contributed by atoms with van der Waals surface area (Å²) >= 11 is 0. The van der Waals surface area contributed by atoms with E-state index >= 15 is 0 Å². The van der Waals surface area contributed by atoms with E-state index in [2.05, 4.69) is 9.97 Å². The topological polar surface area (TPSA) is 68.0 Å². The van der Waals surface area contributed by atoms with E-state index in [4.69, 9.17) is 0 Å². The molecule has 0 saturated carbocycles. The highest BCUT2D eigenvalue weighted by Crippen LogP contribution is 2.17. The Morgan fingerprint density at radius 1 is 1.24 bits per heavy atom. The van der Waals surface area contributed by atoms with Crippen LogP contribution in [-0.4, -0.2) is 26.2 Å². The van der Waals surface area contributed by atoms with Gasteiger partial charge in [0.1, 0.15) is 5.82 Å². The average Bonchev–Trinajstić information content (AvgIpc) is 2.52. The smallest absolute Gasteiger partial charge is 0.263 e. The van der Waals surface area contributed by atoms with E-state index in [0.717, 1.165) is 0 Å². The summed E-state index contributed by atoms with van der Waals surface area (Å²) in [5.41, 5.74) is 0.879. The minimum atomic E-state index is -0.616. The van der Waals surface area contributed by atoms with E-state index in [1.54, 1.807) is 12.3 Å². The molecule has 0 spiro atoms. The second-order valence-corrected chi connectivity index (χ2v) is 4.60. The molecule has 6 heteroatoms. The lowest BCUT2D eigenvalue weighted by molar-refractivity contribution is 0.246. The van der Waals surface area contributed by atoms with E-state index in [1.165, 1.54) is 41.4 Å². The van der Waals surface area contributed by atoms with Gasteiger partial charge in [-0.15, -0.1) is 0 Å². The summed E-state index contributed by atoms with van der Waals surface area (Å²) in [6.07, 6.45) is 4.39. The third kappa shape index (κ3) is 2.41. The Kier molecular flexibility index (Phi) is 3.45. The Labute approximate surface area is 119 Å². The Morgan fingerprint density at radius 2 is 2.00 bits per heavy atom. The van der Waals surface area contributed by atoms with E-state index in [0.29, 0.717) is 16.5 Å². The zero-order chi connectivity index (χ0) is 14.8. The molecule has 1 N–H and O–H groups in total. The van der Waals surface area contributed by atoms with Crippen molar-refractivity contribution >= 4 is 10.9 Å². The van der Waals surface area contributed by atoms with Crippen molar-refractivity contribution in [1.29, 1.82) is 0 Å². The third-order valence-electron chi connectivity index (χ3n) is 3.35. The van der Waals surface area contributed by atoms with Crippen LogP contribution in [0.15, 0.2) is 53.8 Å². The van der Waals surface area contributed by atoms with Gasteiger partial charge in [-0.05, 0) is 23.8 Å². The lowest BCUT2D eigenvalue weighted by Gasteiger charge is -2.17. The quantitative estimate of drug-likeness (QED) is 0.792. The van der Waals surface area contributed by atoms with E-state index in [1.807, 2.05) is 0 Å². The maximum absolute atomic E-state index is 13.0. The van der Waals surface area contributed by atoms with Gasteiger partial charge in [-0.1, -0.05) is 12.1 Å². The van der Waals surface area contributed by atoms with Crippen LogP contribution in [0.1, 0.15) is 11.6 Å². The minimum absolute atomic E-state index is 0.293. The number of hydrogen-bond donors (Lipinski definition) is 1. The standard InChI is InChI=1S/C15H12FN3O2/c16-11-3-1-10(2-4-11)14(8-20)19-9-18-13-5-6-17-7-12(13)15(19)21/h1-7,9,14,20H,8H2/t14-/m1/s1. The van der Waals surface area contributed by atoms with Crippen LogP contribution < -0.4 is 5.56 Å². The van der Waals surface area contributed by atoms with Crippen molar-refractivity contribution < 1.29 is 9.50 Å². The molecular weight excluding hydrogens is 273 g/mol. The molecule has 2 heterocycles. The summed E-state index contributed by atoms with van der Waals surface area (Å²) in [6.45, 7) is -0.293. The molecule has 0 aliphatic carbocycles. The number of rotatable bonds is 3. The van der Waals surface area contributed by atoms with Gasteiger partial charge in [-0.2, -0.15) is 0 Å². The number of nitrogens with zero attached hydrogens (tertiary/aromatic N) is 3. The van der Waals surface area contributed by atoms with E-state index in [-0.39, 0.29) is 18.0 Å². The molecule has 0 aliphatic rings. The Hall–Kier alpha value is -2.60. The highest BCUT2D eigenvalue weighted by Gasteiger charge is 2.16. The van der Waals surface area contributed by atoms with E-state index < -0.39 is 6.04 Å². The number of fused-ring (bicyclic) bond motifs is 1. The summed E-state index contributed by atoms with van der Waals surface area (Å²) in [7, 11) is 0. The van der Waals surface area contributed by atoms with Crippen molar-refractivity contribution in [1.82, 2.24) is 14.5 Å². The van der Waals surface area contributed by atoms with Crippen molar-refractivity contribution in [3.63, 3.8) is 0 Å². The van der Waals surface area contributed by atoms with Gasteiger partial charge in [0, 0.05) is 12.4 Å². The Balaban J connectivity index is 2.15. The first kappa shape index (κ1) is 13.4. The molecule has 0 radical (unpaired) electrons. The van der Waals surface area contributed by atoms with Gasteiger partial charge >= 0.3 is 0 Å². The van der Waals surface area contributed by atoms with Gasteiger partial charge in [0.25, 0.3) is 5.56 Å². The van der Waals surface area contributed by atoms with Gasteiger partial charge in [0.2, 0.25) is 0 Å². The first-order valence-corrected chi connectivity index (χ1v) is 6.38. The van der Waals surface area contributed by atoms with Crippen LogP contribution in [-0.2, 0) is 0 Å². The Bertz CT molecular complexity index is 830. The third-order valence-corrected chi connectivity index (χ3v) is 3.35. The first-order chi connectivity index (χ1) is 10.2. The number of aromatic nitrogens is 3. The summed E-state index contributed by atoms with van der Waals surface area (Å²) < 4.78 is 14.3. The van der Waals surface area contributed by atoms with Crippen LogP contribution in [0.2, 0.25) is 0 Å². The van der Waals surface area contributed by atoms with Gasteiger partial charge in [-0.3, -0.25) is 14.3 Å². The molecule has 5 nitrogen and oxygen atoms in total. The fourth-order valence-electron chi connectivity index (χ4n) is 2.24. The number of benzene rings is 1. The van der Waals surface area contributed by atoms with Crippen molar-refractivity contribution in [2.75, 3.05) is 6.61 Å². The molecule has 2 aromatic heterocycles. The Morgan fingerprint density at radius 3 is 2.71 bits per heavy atom. The predicted octanol–water partition coefficient (Wildman–Crippen LogP) is 1.51. The summed E-state index contributed by atoms with van der Waals surface area (Å²) in [4.78, 5) is 20.6. The number of pyridine rings is 1. The molecule has 0 amide bonds. The summed E-state index contributed by atoms with van der Waals surface area (Å²) in [5, 5.41) is 9.98. The number of aliphatic hydroxyl groups is 1. The van der Waals surface area contributed by atoms with Crippen LogP contribution >= 0.6 is 0 Å². The molecule has 0 unspecified atom stereocenters. The lowest BCUT2D eigenvalue weighted by Crippen LogP contribution is -2.28. The predicted molar refractivity (Wildman–Crippen MR) is 75.4 cm³/mol. The lowest BCUT2D eigenvalue weighted by atomic mass is 10.1. The largest absolute Gasteiger partial charge is 0.394 e. The number of halogens is 1. The molecular formula is C15H12FN3O2. The second kappa shape index (κ2) is 5.41. The highest BCUT2D eigenvalue weighted by atomic mass is 19.1. The second-order valence-electron chi connectivity index (χ2n) is 4.60. The summed E-state index contributed by atoms with van der Waals surface area (Å²) in [5.74, 6) is -0.372. The molecule has 0 aliphatic heterocycles. The van der Waals surface area contributed by atoms with Gasteiger partial charge < -0.3 is 5.11 Å². The molecule has 3 aromatic rings.